The van der Waals surface area contributed by atoms with Gasteiger partial charge in [-0.1, -0.05) is 269 Å². The molecule has 0 bridgehead atoms. The fraction of sp³-hybridized carbons (Fsp3) is 0.892. The van der Waals surface area contributed by atoms with Crippen molar-refractivity contribution in [2.24, 2.45) is 0 Å². The zero-order valence-electron chi connectivity index (χ0n) is 50.4. The van der Waals surface area contributed by atoms with Crippen molar-refractivity contribution in [2.75, 3.05) is 40.9 Å². The van der Waals surface area contributed by atoms with Gasteiger partial charge in [-0.25, -0.2) is 0 Å². The van der Waals surface area contributed by atoms with E-state index in [2.05, 4.69) is 55.6 Å². The lowest BCUT2D eigenvalue weighted by Gasteiger charge is -2.31. The largest absolute Gasteiger partial charge is 0.756 e. The van der Waals surface area contributed by atoms with E-state index in [9.17, 15) is 24.5 Å². The van der Waals surface area contributed by atoms with E-state index in [1.165, 1.54) is 238 Å². The molecule has 0 aromatic rings. The second-order valence-corrected chi connectivity index (χ2v) is 25.0. The number of carbonyl (C=O) groups is 1. The first-order valence-electron chi connectivity index (χ1n) is 32.4. The number of amides is 1. The smallest absolute Gasteiger partial charge is 0.268 e. The van der Waals surface area contributed by atoms with Crippen LogP contribution in [0.3, 0.4) is 0 Å². The molecule has 0 aliphatic carbocycles. The Balaban J connectivity index is 3.91. The molecule has 10 heteroatoms. The van der Waals surface area contributed by atoms with E-state index >= 15 is 0 Å². The standard InChI is InChI=1S/C65H127N2O7P/c1-6-8-10-12-14-16-18-20-21-22-23-24-25-26-27-28-29-30-31-32-33-34-35-36-37-38-39-40-41-42-43-44-45-46-48-50-52-54-56-58-64(69)66-62(61-74-75(71,72)73-60-59-67(3,4)5)65(70)63(68)57-55-53-51-49-47-19-17-15-13-11-9-7-2/h15,17,22-23,49,51,62-63,65,68,70H,6-14,16,18-21,24-48,50,52-61H2,1-5H3,(H-,66,69,71,72)/b17-15+,23-22-,51-49+. The molecule has 0 aliphatic heterocycles. The van der Waals surface area contributed by atoms with Gasteiger partial charge in [0.2, 0.25) is 5.91 Å². The molecular weight excluding hydrogens is 952 g/mol. The number of aliphatic hydroxyl groups is 2. The Labute approximate surface area is 466 Å². The first-order valence-corrected chi connectivity index (χ1v) is 33.9. The summed E-state index contributed by atoms with van der Waals surface area (Å²) < 4.78 is 23.3. The molecule has 0 fully saturated rings. The highest BCUT2D eigenvalue weighted by Gasteiger charge is 2.29. The molecule has 0 radical (unpaired) electrons. The summed E-state index contributed by atoms with van der Waals surface area (Å²) in [6.07, 6.45) is 69.8. The number of likely N-dealkylation sites (N-methyl/N-ethyl adjacent to an activating group) is 1. The summed E-state index contributed by atoms with van der Waals surface area (Å²) in [6, 6.07) is -1.09. The van der Waals surface area contributed by atoms with E-state index in [0.717, 1.165) is 38.5 Å². The lowest BCUT2D eigenvalue weighted by molar-refractivity contribution is -0.870. The van der Waals surface area contributed by atoms with Gasteiger partial charge >= 0.3 is 0 Å². The molecule has 3 N–H and O–H groups in total. The fourth-order valence-electron chi connectivity index (χ4n) is 9.80. The Morgan fingerprint density at radius 1 is 0.467 bits per heavy atom. The van der Waals surface area contributed by atoms with Crippen LogP contribution in [-0.2, 0) is 18.4 Å². The van der Waals surface area contributed by atoms with Crippen molar-refractivity contribution in [1.29, 1.82) is 0 Å². The van der Waals surface area contributed by atoms with Crippen LogP contribution in [-0.4, -0.2) is 79.8 Å². The number of aliphatic hydroxyl groups excluding tert-OH is 2. The molecule has 0 aromatic carbocycles. The third-order valence-corrected chi connectivity index (χ3v) is 15.9. The second-order valence-electron chi connectivity index (χ2n) is 23.6. The van der Waals surface area contributed by atoms with Crippen LogP contribution in [0.2, 0.25) is 0 Å². The van der Waals surface area contributed by atoms with Crippen LogP contribution >= 0.6 is 7.82 Å². The third-order valence-electron chi connectivity index (χ3n) is 14.9. The van der Waals surface area contributed by atoms with Gasteiger partial charge in [0.05, 0.1) is 39.9 Å². The van der Waals surface area contributed by atoms with Gasteiger partial charge < -0.3 is 34.0 Å². The molecule has 0 spiro atoms. The highest BCUT2D eigenvalue weighted by atomic mass is 31.2. The highest BCUT2D eigenvalue weighted by molar-refractivity contribution is 7.45. The number of carbonyl (C=O) groups excluding carboxylic acids is 1. The van der Waals surface area contributed by atoms with Gasteiger partial charge in [-0.2, -0.15) is 0 Å². The van der Waals surface area contributed by atoms with Crippen LogP contribution in [0, 0.1) is 0 Å². The number of hydrogen-bond acceptors (Lipinski definition) is 7. The number of hydrogen-bond donors (Lipinski definition) is 3. The number of quaternary nitrogens is 1. The number of unbranched alkanes of at least 4 members (excludes halogenated alkanes) is 40. The summed E-state index contributed by atoms with van der Waals surface area (Å²) in [5, 5.41) is 24.7. The summed E-state index contributed by atoms with van der Waals surface area (Å²) in [6.45, 7) is 4.41. The first-order chi connectivity index (χ1) is 36.4. The molecule has 9 nitrogen and oxygen atoms in total. The van der Waals surface area contributed by atoms with Gasteiger partial charge in [0, 0.05) is 6.42 Å². The number of nitrogens with zero attached hydrogens (tertiary/aromatic N) is 1. The van der Waals surface area contributed by atoms with Crippen LogP contribution in [0.25, 0.3) is 0 Å². The SMILES string of the molecule is CCCCC/C=C/CC/C=C/CCCC(O)C(O)C(COP(=O)([O-])OCC[N+](C)(C)C)NC(=O)CCCCCCCCCCCCCCCCCCCCCCCCCCCCC/C=C\CCCCCCCCCC. The zero-order chi connectivity index (χ0) is 55.0. The minimum atomic E-state index is -4.68. The molecule has 4 unspecified atom stereocenters. The summed E-state index contributed by atoms with van der Waals surface area (Å²) in [5.41, 5.74) is 0. The summed E-state index contributed by atoms with van der Waals surface area (Å²) in [4.78, 5) is 25.5. The Bertz CT molecular complexity index is 1340. The Kier molecular flexibility index (Phi) is 55.0. The summed E-state index contributed by atoms with van der Waals surface area (Å²) >= 11 is 0. The molecule has 0 saturated carbocycles. The fourth-order valence-corrected chi connectivity index (χ4v) is 10.5. The Hall–Kier alpha value is -1.32. The Morgan fingerprint density at radius 3 is 1.15 bits per heavy atom. The summed E-state index contributed by atoms with van der Waals surface area (Å²) in [5.74, 6) is -0.288. The summed E-state index contributed by atoms with van der Waals surface area (Å²) in [7, 11) is 1.11. The van der Waals surface area contributed by atoms with Gasteiger partial charge in [-0.3, -0.25) is 9.36 Å². The van der Waals surface area contributed by atoms with Crippen LogP contribution < -0.4 is 10.2 Å². The molecule has 0 aromatic heterocycles. The molecule has 0 heterocycles. The predicted molar refractivity (Wildman–Crippen MR) is 322 cm³/mol. The van der Waals surface area contributed by atoms with Crippen molar-refractivity contribution in [3.05, 3.63) is 36.5 Å². The zero-order valence-corrected chi connectivity index (χ0v) is 51.3. The number of allylic oxidation sites excluding steroid dienone is 6. The van der Waals surface area contributed by atoms with E-state index in [0.29, 0.717) is 30.3 Å². The maximum absolute atomic E-state index is 13.0. The van der Waals surface area contributed by atoms with Crippen molar-refractivity contribution in [3.63, 3.8) is 0 Å². The molecular formula is C65H127N2O7P. The first kappa shape index (κ1) is 73.7. The highest BCUT2D eigenvalue weighted by Crippen LogP contribution is 2.38. The van der Waals surface area contributed by atoms with Crippen molar-refractivity contribution in [2.45, 2.75) is 334 Å². The van der Waals surface area contributed by atoms with Crippen molar-refractivity contribution in [1.82, 2.24) is 5.32 Å². The third kappa shape index (κ3) is 57.2. The predicted octanol–water partition coefficient (Wildman–Crippen LogP) is 18.4. The maximum Gasteiger partial charge on any atom is 0.268 e. The molecule has 4 atom stereocenters. The van der Waals surface area contributed by atoms with E-state index in [1.807, 2.05) is 21.1 Å². The second kappa shape index (κ2) is 56.0. The average molecular weight is 1080 g/mol. The molecule has 0 aliphatic rings. The minimum absolute atomic E-state index is 0.0473. The van der Waals surface area contributed by atoms with Crippen molar-refractivity contribution < 1.29 is 38.0 Å². The molecule has 444 valence electrons. The van der Waals surface area contributed by atoms with Crippen molar-refractivity contribution >= 4 is 13.7 Å². The minimum Gasteiger partial charge on any atom is -0.756 e. The monoisotopic (exact) mass is 1080 g/mol. The van der Waals surface area contributed by atoms with Gasteiger partial charge in [-0.05, 0) is 77.0 Å². The number of phosphoric ester groups is 1. The molecule has 0 rings (SSSR count). The number of phosphoric acid groups is 1. The topological polar surface area (TPSA) is 128 Å². The van der Waals surface area contributed by atoms with Crippen molar-refractivity contribution in [3.8, 4) is 0 Å². The molecule has 0 saturated heterocycles. The lowest BCUT2D eigenvalue weighted by Crippen LogP contribution is -2.51. The molecule has 1 amide bonds. The number of rotatable bonds is 60. The average Bonchev–Trinajstić information content (AvgIpc) is 3.37. The quantitative estimate of drug-likeness (QED) is 0.0239. The van der Waals surface area contributed by atoms with Gasteiger partial charge in [-0.15, -0.1) is 0 Å². The number of nitrogens with one attached hydrogen (secondary N) is 1. The Morgan fingerprint density at radius 2 is 0.773 bits per heavy atom. The van der Waals surface area contributed by atoms with Crippen LogP contribution in [0.4, 0.5) is 0 Å². The van der Waals surface area contributed by atoms with E-state index in [4.69, 9.17) is 9.05 Å². The van der Waals surface area contributed by atoms with Gasteiger partial charge in [0.25, 0.3) is 7.82 Å². The maximum atomic E-state index is 13.0. The van der Waals surface area contributed by atoms with Crippen LogP contribution in [0.1, 0.15) is 316 Å². The normalized spacial score (nSPS) is 14.4. The lowest BCUT2D eigenvalue weighted by atomic mass is 10.0. The van der Waals surface area contributed by atoms with E-state index in [-0.39, 0.29) is 18.9 Å². The van der Waals surface area contributed by atoms with Crippen LogP contribution in [0.5, 0.6) is 0 Å². The van der Waals surface area contributed by atoms with E-state index < -0.39 is 32.7 Å². The van der Waals surface area contributed by atoms with Gasteiger partial charge in [0.15, 0.2) is 0 Å². The van der Waals surface area contributed by atoms with Crippen LogP contribution in [0.15, 0.2) is 36.5 Å². The van der Waals surface area contributed by atoms with E-state index in [1.54, 1.807) is 0 Å². The van der Waals surface area contributed by atoms with Gasteiger partial charge in [0.1, 0.15) is 19.3 Å². The molecule has 75 heavy (non-hydrogen) atoms.